The number of amides is 2. The monoisotopic (exact) mass is 260 g/mol. The van der Waals surface area contributed by atoms with Crippen LogP contribution < -0.4 is 10.6 Å². The molecule has 0 aromatic heterocycles. The molecule has 0 spiro atoms. The predicted molar refractivity (Wildman–Crippen MR) is 64.9 cm³/mol. The first-order valence-electron chi connectivity index (χ1n) is 5.12. The van der Waals surface area contributed by atoms with Crippen molar-refractivity contribution in [1.82, 2.24) is 5.32 Å². The molecular weight excluding hydrogens is 247 g/mol. The summed E-state index contributed by atoms with van der Waals surface area (Å²) < 4.78 is 17.6. The van der Waals surface area contributed by atoms with Crippen molar-refractivity contribution in [3.05, 3.63) is 29.0 Å². The van der Waals surface area contributed by atoms with Crippen LogP contribution in [0.4, 0.5) is 14.9 Å². The maximum atomic E-state index is 12.7. The third kappa shape index (κ3) is 5.01. The summed E-state index contributed by atoms with van der Waals surface area (Å²) in [4.78, 5) is 11.4. The normalized spacial score (nSPS) is 10.1. The summed E-state index contributed by atoms with van der Waals surface area (Å²) in [5.41, 5.74) is 0.373. The molecule has 0 aliphatic heterocycles. The van der Waals surface area contributed by atoms with E-state index in [-0.39, 0.29) is 11.1 Å². The van der Waals surface area contributed by atoms with E-state index in [1.165, 1.54) is 12.1 Å². The van der Waals surface area contributed by atoms with Gasteiger partial charge in [0, 0.05) is 20.3 Å². The number of nitrogens with one attached hydrogen (secondary N) is 2. The largest absolute Gasteiger partial charge is 0.385 e. The third-order valence-corrected chi connectivity index (χ3v) is 2.30. The molecule has 0 saturated heterocycles. The molecule has 1 aromatic rings. The summed E-state index contributed by atoms with van der Waals surface area (Å²) >= 11 is 5.75. The maximum Gasteiger partial charge on any atom is 0.319 e. The number of hydrogen-bond donors (Lipinski definition) is 2. The predicted octanol–water partition coefficient (Wildman–Crippen LogP) is 2.64. The molecule has 1 aromatic carbocycles. The van der Waals surface area contributed by atoms with Gasteiger partial charge in [0.05, 0.1) is 10.7 Å². The number of urea groups is 1. The molecule has 0 aliphatic carbocycles. The van der Waals surface area contributed by atoms with Gasteiger partial charge in [-0.2, -0.15) is 0 Å². The Bertz CT molecular complexity index is 388. The molecule has 0 bridgehead atoms. The topological polar surface area (TPSA) is 50.4 Å². The van der Waals surface area contributed by atoms with Gasteiger partial charge in [-0.15, -0.1) is 0 Å². The zero-order valence-corrected chi connectivity index (χ0v) is 10.2. The highest BCUT2D eigenvalue weighted by Crippen LogP contribution is 2.21. The summed E-state index contributed by atoms with van der Waals surface area (Å²) in [6.07, 6.45) is 0.723. The summed E-state index contributed by atoms with van der Waals surface area (Å²) in [7, 11) is 1.60. The summed E-state index contributed by atoms with van der Waals surface area (Å²) in [6, 6.07) is 3.40. The van der Waals surface area contributed by atoms with E-state index in [0.29, 0.717) is 18.8 Å². The van der Waals surface area contributed by atoms with E-state index in [1.54, 1.807) is 7.11 Å². The van der Waals surface area contributed by atoms with Crippen molar-refractivity contribution in [2.24, 2.45) is 0 Å². The first-order valence-corrected chi connectivity index (χ1v) is 5.50. The lowest BCUT2D eigenvalue weighted by Crippen LogP contribution is -2.30. The molecule has 0 fully saturated rings. The summed E-state index contributed by atoms with van der Waals surface area (Å²) in [5.74, 6) is -0.443. The lowest BCUT2D eigenvalue weighted by Gasteiger charge is -2.08. The number of ether oxygens (including phenoxy) is 1. The molecule has 0 saturated carbocycles. The van der Waals surface area contributed by atoms with Gasteiger partial charge in [0.25, 0.3) is 0 Å². The van der Waals surface area contributed by atoms with E-state index in [0.717, 1.165) is 12.5 Å². The average molecular weight is 261 g/mol. The minimum absolute atomic E-state index is 0.164. The Kier molecular flexibility index (Phi) is 5.72. The van der Waals surface area contributed by atoms with Gasteiger partial charge in [0.1, 0.15) is 5.82 Å². The molecule has 17 heavy (non-hydrogen) atoms. The number of halogens is 2. The van der Waals surface area contributed by atoms with Gasteiger partial charge >= 0.3 is 6.03 Å². The minimum Gasteiger partial charge on any atom is -0.385 e. The lowest BCUT2D eigenvalue weighted by atomic mass is 10.3. The highest BCUT2D eigenvalue weighted by molar-refractivity contribution is 6.33. The highest BCUT2D eigenvalue weighted by Gasteiger charge is 2.05. The van der Waals surface area contributed by atoms with Gasteiger partial charge < -0.3 is 15.4 Å². The Morgan fingerprint density at radius 3 is 2.94 bits per heavy atom. The number of rotatable bonds is 5. The standard InChI is InChI=1S/C11H14ClFN2O2/c1-17-6-2-5-14-11(16)15-10-4-3-8(13)7-9(10)12/h3-4,7H,2,5-6H2,1H3,(H2,14,15,16). The smallest absolute Gasteiger partial charge is 0.319 e. The number of anilines is 1. The van der Waals surface area contributed by atoms with Gasteiger partial charge in [-0.05, 0) is 24.6 Å². The molecular formula is C11H14ClFN2O2. The lowest BCUT2D eigenvalue weighted by molar-refractivity contribution is 0.194. The van der Waals surface area contributed by atoms with Gasteiger partial charge in [-0.25, -0.2) is 9.18 Å². The van der Waals surface area contributed by atoms with Crippen molar-refractivity contribution in [2.45, 2.75) is 6.42 Å². The molecule has 2 N–H and O–H groups in total. The zero-order chi connectivity index (χ0) is 12.7. The maximum absolute atomic E-state index is 12.7. The van der Waals surface area contributed by atoms with Crippen LogP contribution in [0.25, 0.3) is 0 Å². The van der Waals surface area contributed by atoms with Gasteiger partial charge in [-0.1, -0.05) is 11.6 Å². The summed E-state index contributed by atoms with van der Waals surface area (Å²) in [5, 5.41) is 5.31. The van der Waals surface area contributed by atoms with Crippen molar-refractivity contribution in [3.8, 4) is 0 Å². The Hall–Kier alpha value is -1.33. The van der Waals surface area contributed by atoms with Crippen LogP contribution in [-0.2, 0) is 4.74 Å². The van der Waals surface area contributed by atoms with Crippen LogP contribution in [0.2, 0.25) is 5.02 Å². The number of methoxy groups -OCH3 is 1. The van der Waals surface area contributed by atoms with E-state index in [2.05, 4.69) is 10.6 Å². The van der Waals surface area contributed by atoms with Crippen molar-refractivity contribution in [1.29, 1.82) is 0 Å². The van der Waals surface area contributed by atoms with Crippen LogP contribution in [0.3, 0.4) is 0 Å². The first kappa shape index (κ1) is 13.7. The van der Waals surface area contributed by atoms with E-state index < -0.39 is 5.82 Å². The van der Waals surface area contributed by atoms with Crippen molar-refractivity contribution >= 4 is 23.3 Å². The quantitative estimate of drug-likeness (QED) is 0.800. The van der Waals surface area contributed by atoms with E-state index in [1.807, 2.05) is 0 Å². The fourth-order valence-electron chi connectivity index (χ4n) is 1.18. The molecule has 0 aliphatic rings. The second-order valence-electron chi connectivity index (χ2n) is 3.35. The van der Waals surface area contributed by atoms with Crippen LogP contribution in [0, 0.1) is 5.82 Å². The van der Waals surface area contributed by atoms with Crippen LogP contribution in [0.15, 0.2) is 18.2 Å². The molecule has 0 radical (unpaired) electrons. The number of carbonyl (C=O) groups excluding carboxylic acids is 1. The molecule has 0 unspecified atom stereocenters. The number of hydrogen-bond acceptors (Lipinski definition) is 2. The van der Waals surface area contributed by atoms with Crippen LogP contribution >= 0.6 is 11.6 Å². The number of carbonyl (C=O) groups is 1. The average Bonchev–Trinajstić information content (AvgIpc) is 2.28. The van der Waals surface area contributed by atoms with E-state index >= 15 is 0 Å². The fourth-order valence-corrected chi connectivity index (χ4v) is 1.39. The van der Waals surface area contributed by atoms with E-state index in [4.69, 9.17) is 16.3 Å². The van der Waals surface area contributed by atoms with E-state index in [9.17, 15) is 9.18 Å². The van der Waals surface area contributed by atoms with Gasteiger partial charge in [0.2, 0.25) is 0 Å². The van der Waals surface area contributed by atoms with Crippen LogP contribution in [0.5, 0.6) is 0 Å². The highest BCUT2D eigenvalue weighted by atomic mass is 35.5. The number of benzene rings is 1. The zero-order valence-electron chi connectivity index (χ0n) is 9.43. The Labute approximate surface area is 104 Å². The Morgan fingerprint density at radius 2 is 2.29 bits per heavy atom. The first-order chi connectivity index (χ1) is 8.13. The fraction of sp³-hybridized carbons (Fsp3) is 0.364. The third-order valence-electron chi connectivity index (χ3n) is 1.99. The van der Waals surface area contributed by atoms with Gasteiger partial charge in [0.15, 0.2) is 0 Å². The van der Waals surface area contributed by atoms with Crippen molar-refractivity contribution in [3.63, 3.8) is 0 Å². The van der Waals surface area contributed by atoms with Crippen LogP contribution in [0.1, 0.15) is 6.42 Å². The summed E-state index contributed by atoms with van der Waals surface area (Å²) in [6.45, 7) is 1.08. The molecule has 6 heteroatoms. The van der Waals surface area contributed by atoms with Crippen molar-refractivity contribution in [2.75, 3.05) is 25.6 Å². The van der Waals surface area contributed by atoms with Crippen LogP contribution in [-0.4, -0.2) is 26.3 Å². The Morgan fingerprint density at radius 1 is 1.53 bits per heavy atom. The minimum atomic E-state index is -0.443. The second kappa shape index (κ2) is 7.09. The molecule has 4 nitrogen and oxygen atoms in total. The molecule has 0 heterocycles. The van der Waals surface area contributed by atoms with Gasteiger partial charge in [-0.3, -0.25) is 0 Å². The molecule has 0 atom stereocenters. The van der Waals surface area contributed by atoms with Crippen molar-refractivity contribution < 1.29 is 13.9 Å². The molecule has 1 rings (SSSR count). The Balaban J connectivity index is 2.40. The second-order valence-corrected chi connectivity index (χ2v) is 3.76. The molecule has 94 valence electrons. The molecule has 2 amide bonds. The SMILES string of the molecule is COCCCNC(=O)Nc1ccc(F)cc1Cl.